The Morgan fingerprint density at radius 1 is 0.913 bits per heavy atom. The van der Waals surface area contributed by atoms with Gasteiger partial charge >= 0.3 is 0 Å². The van der Waals surface area contributed by atoms with Crippen LogP contribution in [0.5, 0.6) is 0 Å². The standard InChI is InChI=1S/C22H28N/c1-17-8-4-5-9-19(17)21-11-10-18-16-22(13-6-3-7-14-22)15-12-20(18)23(21)2/h4-5,8-11H,3,6-7,12-16H2,1-2H3/q+1. The summed E-state index contributed by atoms with van der Waals surface area (Å²) in [7, 11) is 2.26. The van der Waals surface area contributed by atoms with Gasteiger partial charge < -0.3 is 0 Å². The van der Waals surface area contributed by atoms with Crippen molar-refractivity contribution >= 4 is 0 Å². The minimum Gasteiger partial charge on any atom is -0.198 e. The SMILES string of the molecule is Cc1ccccc1-c1ccc2c([n+]1C)CCC1(CCCCC1)C2. The van der Waals surface area contributed by atoms with Crippen LogP contribution in [-0.4, -0.2) is 0 Å². The fraction of sp³-hybridized carbons (Fsp3) is 0.500. The zero-order valence-corrected chi connectivity index (χ0v) is 14.6. The van der Waals surface area contributed by atoms with Gasteiger partial charge in [0.15, 0.2) is 5.69 Å². The van der Waals surface area contributed by atoms with Crippen molar-refractivity contribution in [2.24, 2.45) is 12.5 Å². The number of fused-ring (bicyclic) bond motifs is 1. The molecule has 0 saturated heterocycles. The van der Waals surface area contributed by atoms with Gasteiger partial charge in [0, 0.05) is 23.6 Å². The third-order valence-corrected chi connectivity index (χ3v) is 6.37. The van der Waals surface area contributed by atoms with Gasteiger partial charge in [-0.2, -0.15) is 4.57 Å². The zero-order valence-electron chi connectivity index (χ0n) is 14.6. The number of aryl methyl sites for hydroxylation is 1. The number of hydrogen-bond donors (Lipinski definition) is 0. The zero-order chi connectivity index (χ0) is 15.9. The van der Waals surface area contributed by atoms with Crippen LogP contribution in [0, 0.1) is 12.3 Å². The van der Waals surface area contributed by atoms with E-state index in [4.69, 9.17) is 0 Å². The van der Waals surface area contributed by atoms with E-state index in [2.05, 4.69) is 54.9 Å². The average molecular weight is 306 g/mol. The van der Waals surface area contributed by atoms with E-state index >= 15 is 0 Å². The number of benzene rings is 1. The lowest BCUT2D eigenvalue weighted by Crippen LogP contribution is -2.42. The van der Waals surface area contributed by atoms with Crippen molar-refractivity contribution < 1.29 is 4.57 Å². The first-order valence-electron chi connectivity index (χ1n) is 9.25. The van der Waals surface area contributed by atoms with Gasteiger partial charge in [-0.05, 0) is 55.7 Å². The van der Waals surface area contributed by atoms with Crippen molar-refractivity contribution in [3.05, 3.63) is 53.2 Å². The quantitative estimate of drug-likeness (QED) is 0.658. The van der Waals surface area contributed by atoms with Crippen molar-refractivity contribution in [1.82, 2.24) is 0 Å². The highest BCUT2D eigenvalue weighted by molar-refractivity contribution is 5.61. The van der Waals surface area contributed by atoms with Gasteiger partial charge in [0.1, 0.15) is 7.05 Å². The van der Waals surface area contributed by atoms with Crippen LogP contribution in [-0.2, 0) is 19.9 Å². The highest BCUT2D eigenvalue weighted by Gasteiger charge is 2.38. The van der Waals surface area contributed by atoms with Crippen LogP contribution in [0.25, 0.3) is 11.3 Å². The lowest BCUT2D eigenvalue weighted by molar-refractivity contribution is -0.669. The molecule has 1 heterocycles. The van der Waals surface area contributed by atoms with Crippen molar-refractivity contribution in [3.8, 4) is 11.3 Å². The molecule has 1 saturated carbocycles. The van der Waals surface area contributed by atoms with Gasteiger partial charge in [-0.15, -0.1) is 0 Å². The molecule has 1 fully saturated rings. The van der Waals surface area contributed by atoms with Gasteiger partial charge in [0.25, 0.3) is 0 Å². The molecule has 0 aliphatic heterocycles. The lowest BCUT2D eigenvalue weighted by atomic mass is 9.64. The molecule has 0 amide bonds. The second kappa shape index (κ2) is 5.78. The number of pyridine rings is 1. The monoisotopic (exact) mass is 306 g/mol. The summed E-state index contributed by atoms with van der Waals surface area (Å²) in [5.74, 6) is 0. The largest absolute Gasteiger partial charge is 0.212 e. The molecule has 1 heteroatoms. The smallest absolute Gasteiger partial charge is 0.198 e. The second-order valence-corrected chi connectivity index (χ2v) is 7.80. The van der Waals surface area contributed by atoms with Gasteiger partial charge in [0.05, 0.1) is 0 Å². The summed E-state index contributed by atoms with van der Waals surface area (Å²) in [4.78, 5) is 0. The molecular weight excluding hydrogens is 278 g/mol. The molecule has 1 nitrogen and oxygen atoms in total. The summed E-state index contributed by atoms with van der Waals surface area (Å²) in [5, 5.41) is 0. The molecule has 0 radical (unpaired) electrons. The molecule has 1 aromatic carbocycles. The summed E-state index contributed by atoms with van der Waals surface area (Å²) in [6, 6.07) is 13.5. The Morgan fingerprint density at radius 2 is 1.70 bits per heavy atom. The van der Waals surface area contributed by atoms with Gasteiger partial charge in [0.2, 0.25) is 5.69 Å². The van der Waals surface area contributed by atoms with Crippen LogP contribution < -0.4 is 4.57 Å². The summed E-state index contributed by atoms with van der Waals surface area (Å²) < 4.78 is 2.47. The van der Waals surface area contributed by atoms with E-state index in [0.29, 0.717) is 5.41 Å². The minimum atomic E-state index is 0.627. The first-order valence-corrected chi connectivity index (χ1v) is 9.25. The van der Waals surface area contributed by atoms with Gasteiger partial charge in [-0.3, -0.25) is 0 Å². The third kappa shape index (κ3) is 2.60. The summed E-state index contributed by atoms with van der Waals surface area (Å²) >= 11 is 0. The number of rotatable bonds is 1. The minimum absolute atomic E-state index is 0.627. The van der Waals surface area contributed by atoms with Crippen LogP contribution in [0.2, 0.25) is 0 Å². The van der Waals surface area contributed by atoms with E-state index < -0.39 is 0 Å². The number of nitrogens with zero attached hydrogens (tertiary/aromatic N) is 1. The van der Waals surface area contributed by atoms with Crippen LogP contribution >= 0.6 is 0 Å². The molecule has 23 heavy (non-hydrogen) atoms. The Morgan fingerprint density at radius 3 is 2.48 bits per heavy atom. The van der Waals surface area contributed by atoms with Crippen molar-refractivity contribution in [2.75, 3.05) is 0 Å². The Balaban J connectivity index is 1.72. The molecule has 2 aromatic rings. The maximum absolute atomic E-state index is 2.47. The van der Waals surface area contributed by atoms with E-state index in [1.165, 1.54) is 68.2 Å². The normalized spacial score (nSPS) is 19.6. The van der Waals surface area contributed by atoms with Crippen molar-refractivity contribution in [3.63, 3.8) is 0 Å². The van der Waals surface area contributed by atoms with Crippen LogP contribution in [0.3, 0.4) is 0 Å². The molecule has 0 atom stereocenters. The first kappa shape index (κ1) is 14.9. The Labute approximate surface area is 140 Å². The number of hydrogen-bond acceptors (Lipinski definition) is 0. The topological polar surface area (TPSA) is 3.88 Å². The van der Waals surface area contributed by atoms with E-state index in [0.717, 1.165) is 0 Å². The maximum atomic E-state index is 2.47. The predicted molar refractivity (Wildman–Crippen MR) is 95.3 cm³/mol. The molecule has 0 unspecified atom stereocenters. The Hall–Kier alpha value is -1.63. The predicted octanol–water partition coefficient (Wildman–Crippen LogP) is 4.93. The van der Waals surface area contributed by atoms with Crippen molar-refractivity contribution in [2.45, 2.75) is 58.3 Å². The fourth-order valence-electron chi connectivity index (χ4n) is 4.97. The molecule has 2 aliphatic carbocycles. The second-order valence-electron chi connectivity index (χ2n) is 7.80. The highest BCUT2D eigenvalue weighted by atomic mass is 15.0. The molecular formula is C22H28N+. The Bertz CT molecular complexity index is 723. The summed E-state index contributed by atoms with van der Waals surface area (Å²) in [6.07, 6.45) is 11.2. The molecule has 0 bridgehead atoms. The van der Waals surface area contributed by atoms with Gasteiger partial charge in [-0.25, -0.2) is 0 Å². The highest BCUT2D eigenvalue weighted by Crippen LogP contribution is 2.45. The van der Waals surface area contributed by atoms with Crippen LogP contribution in [0.15, 0.2) is 36.4 Å². The third-order valence-electron chi connectivity index (χ3n) is 6.37. The molecule has 120 valence electrons. The molecule has 4 rings (SSSR count). The first-order chi connectivity index (χ1) is 11.2. The lowest BCUT2D eigenvalue weighted by Gasteiger charge is -2.40. The van der Waals surface area contributed by atoms with Crippen molar-refractivity contribution in [1.29, 1.82) is 0 Å². The van der Waals surface area contributed by atoms with E-state index in [1.54, 1.807) is 11.3 Å². The molecule has 1 aromatic heterocycles. The summed E-state index contributed by atoms with van der Waals surface area (Å²) in [5.41, 5.74) is 7.90. The molecule has 1 spiro atoms. The fourth-order valence-corrected chi connectivity index (χ4v) is 4.97. The van der Waals surface area contributed by atoms with E-state index in [1.807, 2.05) is 0 Å². The van der Waals surface area contributed by atoms with Crippen LogP contribution in [0.4, 0.5) is 0 Å². The van der Waals surface area contributed by atoms with Crippen LogP contribution in [0.1, 0.15) is 55.3 Å². The summed E-state index contributed by atoms with van der Waals surface area (Å²) in [6.45, 7) is 2.21. The maximum Gasteiger partial charge on any atom is 0.212 e. The van der Waals surface area contributed by atoms with E-state index in [9.17, 15) is 0 Å². The Kier molecular flexibility index (Phi) is 3.75. The van der Waals surface area contributed by atoms with Gasteiger partial charge in [-0.1, -0.05) is 37.5 Å². The van der Waals surface area contributed by atoms with E-state index in [-0.39, 0.29) is 0 Å². The molecule has 2 aliphatic rings. The molecule has 0 N–H and O–H groups in total. The average Bonchev–Trinajstić information content (AvgIpc) is 2.57. The number of aromatic nitrogens is 1.